The van der Waals surface area contributed by atoms with Crippen molar-refractivity contribution < 1.29 is 13.9 Å². The van der Waals surface area contributed by atoms with Crippen molar-refractivity contribution in [2.45, 2.75) is 25.9 Å². The molecule has 2 aliphatic rings. The normalized spacial score (nSPS) is 25.3. The lowest BCUT2D eigenvalue weighted by Gasteiger charge is -2.17. The van der Waals surface area contributed by atoms with Gasteiger partial charge in [-0.25, -0.2) is 0 Å². The number of carbonyl (C=O) groups excluding carboxylic acids is 1. The van der Waals surface area contributed by atoms with Gasteiger partial charge in [-0.3, -0.25) is 9.36 Å². The van der Waals surface area contributed by atoms with Crippen LogP contribution in [0.4, 0.5) is 0 Å². The highest BCUT2D eigenvalue weighted by molar-refractivity contribution is 7.57. The van der Waals surface area contributed by atoms with Gasteiger partial charge in [0.1, 0.15) is 0 Å². The van der Waals surface area contributed by atoms with Crippen LogP contribution in [0.25, 0.3) is 0 Å². The Morgan fingerprint density at radius 2 is 2.12 bits per heavy atom. The number of amides is 1. The van der Waals surface area contributed by atoms with Crippen molar-refractivity contribution >= 4 is 13.3 Å². The minimum absolute atomic E-state index is 0.195. The van der Waals surface area contributed by atoms with E-state index in [-0.39, 0.29) is 5.91 Å². The SMILES string of the molecule is CC1=CC2=C(CC1)NC(=O)[C@H]2OP(C)(C)=O. The standard InChI is InChI=1S/C11H16NO3P/c1-7-4-5-9-8(6-7)10(11(13)12-9)15-16(2,3)14/h6,10H,4-5H2,1-3H3,(H,12,13)/t10-/m0/s1. The first kappa shape index (κ1) is 11.6. The molecule has 0 unspecified atom stereocenters. The molecule has 0 aromatic rings. The van der Waals surface area contributed by atoms with Crippen LogP contribution in [0.2, 0.25) is 0 Å². The fourth-order valence-corrected chi connectivity index (χ4v) is 2.69. The average molecular weight is 241 g/mol. The zero-order chi connectivity index (χ0) is 11.9. The van der Waals surface area contributed by atoms with Gasteiger partial charge < -0.3 is 9.84 Å². The van der Waals surface area contributed by atoms with E-state index >= 15 is 0 Å². The molecule has 88 valence electrons. The molecule has 0 spiro atoms. The summed E-state index contributed by atoms with van der Waals surface area (Å²) in [5.74, 6) is -0.195. The molecule has 1 heterocycles. The number of carbonyl (C=O) groups is 1. The molecule has 0 fully saturated rings. The molecule has 0 aromatic carbocycles. The molecule has 2 rings (SSSR count). The van der Waals surface area contributed by atoms with Gasteiger partial charge in [-0.1, -0.05) is 11.6 Å². The molecule has 1 aliphatic carbocycles. The highest BCUT2D eigenvalue weighted by atomic mass is 31.2. The second-order valence-corrected chi connectivity index (χ2v) is 7.37. The van der Waals surface area contributed by atoms with Crippen LogP contribution in [0.5, 0.6) is 0 Å². The summed E-state index contributed by atoms with van der Waals surface area (Å²) in [6, 6.07) is 0. The zero-order valence-corrected chi connectivity index (χ0v) is 10.6. The molecule has 0 bridgehead atoms. The third-order valence-corrected chi connectivity index (χ3v) is 3.39. The van der Waals surface area contributed by atoms with E-state index < -0.39 is 13.5 Å². The maximum Gasteiger partial charge on any atom is 0.258 e. The molecule has 5 heteroatoms. The number of nitrogens with one attached hydrogen (secondary N) is 1. The Bertz CT molecular complexity index is 444. The lowest BCUT2D eigenvalue weighted by Crippen LogP contribution is -2.27. The van der Waals surface area contributed by atoms with Gasteiger partial charge in [-0.05, 0) is 19.8 Å². The van der Waals surface area contributed by atoms with Crippen LogP contribution in [0.1, 0.15) is 19.8 Å². The highest BCUT2D eigenvalue weighted by Gasteiger charge is 2.36. The van der Waals surface area contributed by atoms with E-state index in [2.05, 4.69) is 5.32 Å². The largest absolute Gasteiger partial charge is 0.327 e. The Hall–Kier alpha value is -0.860. The monoisotopic (exact) mass is 241 g/mol. The summed E-state index contributed by atoms with van der Waals surface area (Å²) < 4.78 is 17.0. The fraction of sp³-hybridized carbons (Fsp3) is 0.545. The van der Waals surface area contributed by atoms with Gasteiger partial charge in [-0.2, -0.15) is 0 Å². The van der Waals surface area contributed by atoms with Crippen LogP contribution in [0, 0.1) is 0 Å². The van der Waals surface area contributed by atoms with Crippen molar-refractivity contribution in [3.05, 3.63) is 22.9 Å². The van der Waals surface area contributed by atoms with Crippen molar-refractivity contribution in [1.82, 2.24) is 5.32 Å². The first-order valence-electron chi connectivity index (χ1n) is 5.31. The molecule has 0 saturated heterocycles. The Morgan fingerprint density at radius 3 is 2.75 bits per heavy atom. The molecule has 0 radical (unpaired) electrons. The Morgan fingerprint density at radius 1 is 1.44 bits per heavy atom. The molecule has 1 N–H and O–H groups in total. The minimum Gasteiger partial charge on any atom is -0.327 e. The Labute approximate surface area is 95.2 Å². The third-order valence-electron chi connectivity index (χ3n) is 2.67. The van der Waals surface area contributed by atoms with Gasteiger partial charge in [0.25, 0.3) is 5.91 Å². The molecule has 1 aliphatic heterocycles. The molecule has 0 aromatic heterocycles. The van der Waals surface area contributed by atoms with Gasteiger partial charge in [0.05, 0.1) is 0 Å². The molecular weight excluding hydrogens is 225 g/mol. The van der Waals surface area contributed by atoms with Gasteiger partial charge in [0.15, 0.2) is 13.5 Å². The number of hydrogen-bond donors (Lipinski definition) is 1. The number of hydrogen-bond acceptors (Lipinski definition) is 3. The van der Waals surface area contributed by atoms with Crippen LogP contribution in [-0.4, -0.2) is 25.3 Å². The van der Waals surface area contributed by atoms with E-state index in [1.807, 2.05) is 13.0 Å². The summed E-state index contributed by atoms with van der Waals surface area (Å²) in [6.07, 6.45) is 3.07. The quantitative estimate of drug-likeness (QED) is 0.752. The summed E-state index contributed by atoms with van der Waals surface area (Å²) in [7, 11) is -2.66. The summed E-state index contributed by atoms with van der Waals surface area (Å²) in [6.45, 7) is 5.08. The molecule has 1 amide bonds. The third kappa shape index (κ3) is 2.28. The highest BCUT2D eigenvalue weighted by Crippen LogP contribution is 2.43. The van der Waals surface area contributed by atoms with Crippen molar-refractivity contribution in [3.63, 3.8) is 0 Å². The smallest absolute Gasteiger partial charge is 0.258 e. The average Bonchev–Trinajstić information content (AvgIpc) is 2.42. The van der Waals surface area contributed by atoms with Crippen LogP contribution < -0.4 is 5.32 Å². The minimum atomic E-state index is -2.66. The lowest BCUT2D eigenvalue weighted by molar-refractivity contribution is -0.124. The lowest BCUT2D eigenvalue weighted by atomic mass is 9.97. The van der Waals surface area contributed by atoms with Crippen LogP contribution in [0.3, 0.4) is 0 Å². The Balaban J connectivity index is 2.28. The van der Waals surface area contributed by atoms with Gasteiger partial charge in [0.2, 0.25) is 0 Å². The second kappa shape index (κ2) is 3.86. The van der Waals surface area contributed by atoms with Crippen LogP contribution in [-0.2, 0) is 13.9 Å². The van der Waals surface area contributed by atoms with Crippen molar-refractivity contribution in [2.24, 2.45) is 0 Å². The summed E-state index contributed by atoms with van der Waals surface area (Å²) in [4.78, 5) is 11.7. The van der Waals surface area contributed by atoms with E-state index in [4.69, 9.17) is 4.52 Å². The van der Waals surface area contributed by atoms with E-state index in [9.17, 15) is 9.36 Å². The zero-order valence-electron chi connectivity index (χ0n) is 9.74. The maximum atomic E-state index is 11.7. The van der Waals surface area contributed by atoms with E-state index in [1.165, 1.54) is 18.9 Å². The molecule has 1 atom stereocenters. The topological polar surface area (TPSA) is 55.4 Å². The van der Waals surface area contributed by atoms with Crippen LogP contribution >= 0.6 is 7.37 Å². The van der Waals surface area contributed by atoms with Gasteiger partial charge in [0, 0.05) is 24.6 Å². The molecule has 4 nitrogen and oxygen atoms in total. The summed E-state index contributed by atoms with van der Waals surface area (Å²) in [5, 5.41) is 2.80. The van der Waals surface area contributed by atoms with Gasteiger partial charge in [-0.15, -0.1) is 0 Å². The molecule has 0 saturated carbocycles. The maximum absolute atomic E-state index is 11.7. The van der Waals surface area contributed by atoms with Gasteiger partial charge >= 0.3 is 0 Å². The predicted octanol–water partition coefficient (Wildman–Crippen LogP) is 2.03. The fourth-order valence-electron chi connectivity index (χ4n) is 1.97. The van der Waals surface area contributed by atoms with E-state index in [0.29, 0.717) is 0 Å². The van der Waals surface area contributed by atoms with Crippen molar-refractivity contribution in [2.75, 3.05) is 13.3 Å². The van der Waals surface area contributed by atoms with Crippen molar-refractivity contribution in [3.8, 4) is 0 Å². The predicted molar refractivity (Wildman–Crippen MR) is 62.5 cm³/mol. The molecule has 16 heavy (non-hydrogen) atoms. The number of allylic oxidation sites excluding steroid dienone is 2. The molecular formula is C11H16NO3P. The first-order valence-corrected chi connectivity index (χ1v) is 7.83. The van der Waals surface area contributed by atoms with Crippen LogP contribution in [0.15, 0.2) is 22.9 Å². The van der Waals surface area contributed by atoms with E-state index in [0.717, 1.165) is 24.1 Å². The Kier molecular flexibility index (Phi) is 2.81. The van der Waals surface area contributed by atoms with Crippen molar-refractivity contribution in [1.29, 1.82) is 0 Å². The number of rotatable bonds is 2. The summed E-state index contributed by atoms with van der Waals surface area (Å²) >= 11 is 0. The second-order valence-electron chi connectivity index (χ2n) is 4.65. The first-order chi connectivity index (χ1) is 7.37. The summed E-state index contributed by atoms with van der Waals surface area (Å²) in [5.41, 5.74) is 3.01. The van der Waals surface area contributed by atoms with E-state index in [1.54, 1.807) is 0 Å².